The summed E-state index contributed by atoms with van der Waals surface area (Å²) in [6, 6.07) is 10.0. The van der Waals surface area contributed by atoms with E-state index >= 15 is 0 Å². The quantitative estimate of drug-likeness (QED) is 0.762. The molecule has 2 saturated heterocycles. The molecule has 1 spiro atoms. The van der Waals surface area contributed by atoms with Crippen LogP contribution in [0.4, 0.5) is 10.7 Å². The van der Waals surface area contributed by atoms with Gasteiger partial charge < -0.3 is 19.3 Å². The number of carbonyl (C=O) groups is 1. The lowest BCUT2D eigenvalue weighted by atomic mass is 9.86. The average molecular weight is 411 g/mol. The van der Waals surface area contributed by atoms with Crippen molar-refractivity contribution in [1.29, 1.82) is 0 Å². The molecule has 0 N–H and O–H groups in total. The highest BCUT2D eigenvalue weighted by Gasteiger charge is 2.46. The predicted molar refractivity (Wildman–Crippen MR) is 114 cm³/mol. The molecule has 30 heavy (non-hydrogen) atoms. The SMILES string of the molecule is CC(C)(C)OC(=O)N1CCC2(CCN(c3ncc(OCc4ccccc4)cn3)C2)C1. The van der Waals surface area contributed by atoms with Crippen molar-refractivity contribution in [2.45, 2.75) is 45.8 Å². The zero-order chi connectivity index (χ0) is 21.2. The van der Waals surface area contributed by atoms with Gasteiger partial charge in [0.2, 0.25) is 5.95 Å². The van der Waals surface area contributed by atoms with Crippen LogP contribution in [0.15, 0.2) is 42.7 Å². The molecule has 3 heterocycles. The van der Waals surface area contributed by atoms with Gasteiger partial charge in [-0.15, -0.1) is 0 Å². The molecule has 0 bridgehead atoms. The van der Waals surface area contributed by atoms with E-state index in [9.17, 15) is 4.79 Å². The van der Waals surface area contributed by atoms with Gasteiger partial charge in [-0.25, -0.2) is 14.8 Å². The zero-order valence-electron chi connectivity index (χ0n) is 18.0. The smallest absolute Gasteiger partial charge is 0.410 e. The third kappa shape index (κ3) is 4.83. The fraction of sp³-hybridized carbons (Fsp3) is 0.522. The molecule has 1 atom stereocenters. The lowest BCUT2D eigenvalue weighted by Gasteiger charge is -2.27. The summed E-state index contributed by atoms with van der Waals surface area (Å²) in [5.41, 5.74) is 0.744. The Bertz CT molecular complexity index is 866. The molecule has 7 heteroatoms. The van der Waals surface area contributed by atoms with Crippen LogP contribution < -0.4 is 9.64 Å². The highest BCUT2D eigenvalue weighted by Crippen LogP contribution is 2.40. The van der Waals surface area contributed by atoms with Crippen molar-refractivity contribution < 1.29 is 14.3 Å². The largest absolute Gasteiger partial charge is 0.486 e. The van der Waals surface area contributed by atoms with Gasteiger partial charge in [0.15, 0.2) is 5.75 Å². The lowest BCUT2D eigenvalue weighted by Crippen LogP contribution is -2.37. The van der Waals surface area contributed by atoms with Crippen LogP contribution in [0.5, 0.6) is 5.75 Å². The van der Waals surface area contributed by atoms with Gasteiger partial charge in [0.05, 0.1) is 12.4 Å². The molecule has 4 rings (SSSR count). The Morgan fingerprint density at radius 3 is 2.47 bits per heavy atom. The Balaban J connectivity index is 1.32. The van der Waals surface area contributed by atoms with Gasteiger partial charge in [0.25, 0.3) is 0 Å². The fourth-order valence-electron chi connectivity index (χ4n) is 4.14. The van der Waals surface area contributed by atoms with Crippen LogP contribution in [0.3, 0.4) is 0 Å². The number of carbonyl (C=O) groups excluding carboxylic acids is 1. The second-order valence-electron chi connectivity index (χ2n) is 9.32. The summed E-state index contributed by atoms with van der Waals surface area (Å²) < 4.78 is 11.3. The molecule has 2 fully saturated rings. The molecule has 0 saturated carbocycles. The molecule has 1 aromatic heterocycles. The lowest BCUT2D eigenvalue weighted by molar-refractivity contribution is 0.0276. The molecule has 160 valence electrons. The maximum absolute atomic E-state index is 12.4. The zero-order valence-corrected chi connectivity index (χ0v) is 18.0. The molecule has 1 aromatic carbocycles. The number of hydrogen-bond donors (Lipinski definition) is 0. The normalized spacial score (nSPS) is 21.3. The van der Waals surface area contributed by atoms with E-state index in [2.05, 4.69) is 14.9 Å². The van der Waals surface area contributed by atoms with E-state index in [0.29, 0.717) is 12.4 Å². The van der Waals surface area contributed by atoms with Gasteiger partial charge >= 0.3 is 6.09 Å². The van der Waals surface area contributed by atoms with E-state index in [4.69, 9.17) is 9.47 Å². The molecular formula is C23H30N4O3. The molecular weight excluding hydrogens is 380 g/mol. The monoisotopic (exact) mass is 410 g/mol. The summed E-state index contributed by atoms with van der Waals surface area (Å²) in [7, 11) is 0. The summed E-state index contributed by atoms with van der Waals surface area (Å²) in [4.78, 5) is 25.5. The van der Waals surface area contributed by atoms with Crippen LogP contribution in [-0.4, -0.2) is 52.7 Å². The first-order valence-corrected chi connectivity index (χ1v) is 10.5. The second kappa shape index (κ2) is 8.13. The number of aromatic nitrogens is 2. The first-order valence-electron chi connectivity index (χ1n) is 10.5. The fourth-order valence-corrected chi connectivity index (χ4v) is 4.14. The Morgan fingerprint density at radius 2 is 1.77 bits per heavy atom. The number of likely N-dealkylation sites (tertiary alicyclic amines) is 1. The van der Waals surface area contributed by atoms with Crippen molar-refractivity contribution in [3.05, 3.63) is 48.3 Å². The maximum Gasteiger partial charge on any atom is 0.410 e. The van der Waals surface area contributed by atoms with Gasteiger partial charge in [0.1, 0.15) is 12.2 Å². The average Bonchev–Trinajstić information content (AvgIpc) is 3.34. The molecule has 1 unspecified atom stereocenters. The van der Waals surface area contributed by atoms with Gasteiger partial charge in [0, 0.05) is 31.6 Å². The van der Waals surface area contributed by atoms with Crippen LogP contribution in [0.2, 0.25) is 0 Å². The summed E-state index contributed by atoms with van der Waals surface area (Å²) >= 11 is 0. The first kappa shape index (κ1) is 20.4. The minimum Gasteiger partial charge on any atom is -0.486 e. The van der Waals surface area contributed by atoms with Crippen molar-refractivity contribution in [2.75, 3.05) is 31.1 Å². The van der Waals surface area contributed by atoms with Gasteiger partial charge in [-0.1, -0.05) is 30.3 Å². The summed E-state index contributed by atoms with van der Waals surface area (Å²) in [6.45, 7) is 9.43. The van der Waals surface area contributed by atoms with Crippen molar-refractivity contribution in [3.63, 3.8) is 0 Å². The van der Waals surface area contributed by atoms with Crippen molar-refractivity contribution >= 4 is 12.0 Å². The van der Waals surface area contributed by atoms with Gasteiger partial charge in [-0.3, -0.25) is 0 Å². The summed E-state index contributed by atoms with van der Waals surface area (Å²) in [5, 5.41) is 0. The number of nitrogens with zero attached hydrogens (tertiary/aromatic N) is 4. The Hall–Kier alpha value is -2.83. The van der Waals surface area contributed by atoms with Crippen LogP contribution in [0.25, 0.3) is 0 Å². The minimum atomic E-state index is -0.466. The summed E-state index contributed by atoms with van der Waals surface area (Å²) in [6.07, 6.45) is 5.27. The molecule has 0 radical (unpaired) electrons. The molecule has 2 aliphatic heterocycles. The van der Waals surface area contributed by atoms with Gasteiger partial charge in [-0.05, 0) is 39.2 Å². The third-order valence-corrected chi connectivity index (χ3v) is 5.67. The van der Waals surface area contributed by atoms with Gasteiger partial charge in [-0.2, -0.15) is 0 Å². The molecule has 7 nitrogen and oxygen atoms in total. The number of ether oxygens (including phenoxy) is 2. The number of rotatable bonds is 4. The second-order valence-corrected chi connectivity index (χ2v) is 9.32. The first-order chi connectivity index (χ1) is 14.3. The van der Waals surface area contributed by atoms with E-state index < -0.39 is 5.60 Å². The Kier molecular flexibility index (Phi) is 5.54. The molecule has 2 aromatic rings. The molecule has 0 aliphatic carbocycles. The number of hydrogen-bond acceptors (Lipinski definition) is 6. The topological polar surface area (TPSA) is 67.8 Å². The van der Waals surface area contributed by atoms with Crippen molar-refractivity contribution in [1.82, 2.24) is 14.9 Å². The van der Waals surface area contributed by atoms with Crippen LogP contribution in [-0.2, 0) is 11.3 Å². The summed E-state index contributed by atoms with van der Waals surface area (Å²) in [5.74, 6) is 1.38. The van der Waals surface area contributed by atoms with E-state index in [-0.39, 0.29) is 11.5 Å². The van der Waals surface area contributed by atoms with Crippen molar-refractivity contribution in [2.24, 2.45) is 5.41 Å². The predicted octanol–water partition coefficient (Wildman–Crippen LogP) is 3.89. The van der Waals surface area contributed by atoms with E-state index in [1.54, 1.807) is 12.4 Å². The van der Waals surface area contributed by atoms with Crippen molar-refractivity contribution in [3.8, 4) is 5.75 Å². The van der Waals surface area contributed by atoms with Crippen LogP contribution in [0, 0.1) is 5.41 Å². The number of anilines is 1. The number of amides is 1. The van der Waals surface area contributed by atoms with E-state index in [0.717, 1.165) is 50.5 Å². The minimum absolute atomic E-state index is 0.0999. The molecule has 2 aliphatic rings. The third-order valence-electron chi connectivity index (χ3n) is 5.67. The Morgan fingerprint density at radius 1 is 1.07 bits per heavy atom. The Labute approximate surface area is 178 Å². The highest BCUT2D eigenvalue weighted by molar-refractivity contribution is 5.68. The maximum atomic E-state index is 12.4. The molecule has 1 amide bonds. The standard InChI is InChI=1S/C23H30N4O3/c1-22(2,3)30-21(28)27-12-10-23(17-27)9-11-26(16-23)20-24-13-19(14-25-20)29-15-18-7-5-4-6-8-18/h4-8,13-14H,9-12,15-17H2,1-3H3. The van der Waals surface area contributed by atoms with Crippen LogP contribution >= 0.6 is 0 Å². The van der Waals surface area contributed by atoms with Crippen LogP contribution in [0.1, 0.15) is 39.2 Å². The van der Waals surface area contributed by atoms with E-state index in [1.807, 2.05) is 56.0 Å². The van der Waals surface area contributed by atoms with E-state index in [1.165, 1.54) is 0 Å². The number of benzene rings is 1. The highest BCUT2D eigenvalue weighted by atomic mass is 16.6.